The first kappa shape index (κ1) is 35.8. The Morgan fingerprint density at radius 3 is 1.71 bits per heavy atom. The van der Waals surface area contributed by atoms with Crippen LogP contribution in [0.25, 0.3) is 11.2 Å². The van der Waals surface area contributed by atoms with E-state index in [1.165, 1.54) is 94.1 Å². The monoisotopic (exact) mass is 731 g/mol. The first-order valence-electron chi connectivity index (χ1n) is 15.1. The molecular weight excluding hydrogens is 699 g/mol. The third kappa shape index (κ3) is 5.41. The van der Waals surface area contributed by atoms with Crippen LogP contribution in [0.2, 0.25) is 0 Å². The number of nitrogens with zero attached hydrogens (tertiary/aromatic N) is 4. The molecular formula is C33H32F3N5O9S. The van der Waals surface area contributed by atoms with Crippen LogP contribution in [0.3, 0.4) is 0 Å². The summed E-state index contributed by atoms with van der Waals surface area (Å²) in [6.07, 6.45) is -8.13. The molecule has 0 spiro atoms. The lowest BCUT2D eigenvalue weighted by Gasteiger charge is -2.44. The predicted octanol–water partition coefficient (Wildman–Crippen LogP) is 2.71. The minimum atomic E-state index is -6.77. The van der Waals surface area contributed by atoms with Crippen molar-refractivity contribution in [2.24, 2.45) is 0 Å². The van der Waals surface area contributed by atoms with Gasteiger partial charge in [-0.2, -0.15) is 13.2 Å². The van der Waals surface area contributed by atoms with E-state index in [9.17, 15) is 36.9 Å². The first-order valence-corrected chi connectivity index (χ1v) is 16.6. The van der Waals surface area contributed by atoms with Gasteiger partial charge in [-0.05, 0) is 53.1 Å². The van der Waals surface area contributed by atoms with Gasteiger partial charge in [0.1, 0.15) is 47.4 Å². The molecule has 0 radical (unpaired) electrons. The number of alkyl halides is 3. The molecule has 14 nitrogen and oxygen atoms in total. The lowest BCUT2D eigenvalue weighted by atomic mass is 9.64. The van der Waals surface area contributed by atoms with Crippen molar-refractivity contribution in [1.29, 1.82) is 0 Å². The number of hydrogen-bond acceptors (Lipinski definition) is 13. The van der Waals surface area contributed by atoms with Crippen molar-refractivity contribution in [3.05, 3.63) is 102 Å². The molecule has 5 atom stereocenters. The Morgan fingerprint density at radius 1 is 0.843 bits per heavy atom. The lowest BCUT2D eigenvalue weighted by molar-refractivity contribution is -0.112. The summed E-state index contributed by atoms with van der Waals surface area (Å²) >= 11 is 0. The largest absolute Gasteiger partial charge is 0.500 e. The maximum atomic E-state index is 14.5. The number of halogens is 3. The number of nitrogens with two attached hydrogens (primary N) is 1. The van der Waals surface area contributed by atoms with Gasteiger partial charge < -0.3 is 40.0 Å². The second kappa shape index (κ2) is 13.0. The number of benzene rings is 3. The van der Waals surface area contributed by atoms with E-state index in [4.69, 9.17) is 24.7 Å². The smallest absolute Gasteiger partial charge is 0.497 e. The summed E-state index contributed by atoms with van der Waals surface area (Å²) in [6, 6.07) is 18.2. The number of sulfone groups is 1. The standard InChI is InChI=1S/C33H32F3N5O9S/c1-47-21-10-4-18(5-11-21)31(19-6-12-22(48-2)13-7-19,20-8-14-23(49-3)15-9-20)25(42)27-32(44,51(45,46)33(34,35)36)26(43)30(50-27)41-17-40-24-28(37)38-16-39-29(24)41/h4-17,25-27,30,42-44H,1-3H3,(H2,37,38,39)/t25?,26-,27+,30?,32+/m0/s1. The number of fused-ring (bicyclic) bond motifs is 1. The summed E-state index contributed by atoms with van der Waals surface area (Å²) in [5.41, 5.74) is -1.91. The summed E-state index contributed by atoms with van der Waals surface area (Å²) in [5.74, 6) is 0.995. The molecule has 5 N–H and O–H groups in total. The fourth-order valence-corrected chi connectivity index (χ4v) is 7.86. The van der Waals surface area contributed by atoms with Crippen LogP contribution in [0.5, 0.6) is 17.2 Å². The normalized spacial score (nSPS) is 21.8. The predicted molar refractivity (Wildman–Crippen MR) is 174 cm³/mol. The highest BCUT2D eigenvalue weighted by molar-refractivity contribution is 7.93. The van der Waals surface area contributed by atoms with Crippen molar-refractivity contribution in [2.45, 2.75) is 40.4 Å². The van der Waals surface area contributed by atoms with Crippen LogP contribution in [-0.4, -0.2) is 93.3 Å². The molecule has 2 unspecified atom stereocenters. The van der Waals surface area contributed by atoms with E-state index in [1.807, 2.05) is 0 Å². The zero-order valence-corrected chi connectivity index (χ0v) is 27.9. The molecule has 3 heterocycles. The van der Waals surface area contributed by atoms with E-state index in [0.717, 1.165) is 17.2 Å². The van der Waals surface area contributed by atoms with E-state index in [-0.39, 0.29) is 33.7 Å². The van der Waals surface area contributed by atoms with Gasteiger partial charge in [0.2, 0.25) is 4.93 Å². The molecule has 18 heteroatoms. The van der Waals surface area contributed by atoms with Crippen LogP contribution < -0.4 is 19.9 Å². The van der Waals surface area contributed by atoms with Gasteiger partial charge in [0.25, 0.3) is 9.84 Å². The number of aromatic nitrogens is 4. The Kier molecular flexibility index (Phi) is 9.09. The van der Waals surface area contributed by atoms with Crippen molar-refractivity contribution >= 4 is 26.8 Å². The minimum absolute atomic E-state index is 0.0523. The van der Waals surface area contributed by atoms with Gasteiger partial charge in [-0.1, -0.05) is 36.4 Å². The highest BCUT2D eigenvalue weighted by Gasteiger charge is 2.74. The van der Waals surface area contributed by atoms with Crippen molar-refractivity contribution in [2.75, 3.05) is 27.1 Å². The summed E-state index contributed by atoms with van der Waals surface area (Å²) in [4.78, 5) is 7.64. The summed E-state index contributed by atoms with van der Waals surface area (Å²) < 4.78 is 93.4. The number of aliphatic hydroxyl groups is 3. The van der Waals surface area contributed by atoms with Crippen molar-refractivity contribution in [3.8, 4) is 17.2 Å². The Hall–Kier alpha value is -5.01. The van der Waals surface area contributed by atoms with Crippen LogP contribution in [0.15, 0.2) is 85.5 Å². The van der Waals surface area contributed by atoms with Gasteiger partial charge in [-0.3, -0.25) is 4.57 Å². The van der Waals surface area contributed by atoms with Crippen LogP contribution in [0.1, 0.15) is 22.9 Å². The molecule has 0 aliphatic carbocycles. The Labute approximate surface area is 288 Å². The van der Waals surface area contributed by atoms with Crippen LogP contribution in [0.4, 0.5) is 19.0 Å². The van der Waals surface area contributed by atoms with Gasteiger partial charge in [0.15, 0.2) is 17.7 Å². The average molecular weight is 732 g/mol. The van der Waals surface area contributed by atoms with Crippen molar-refractivity contribution < 1.29 is 55.9 Å². The molecule has 2 aromatic heterocycles. The molecule has 5 aromatic rings. The van der Waals surface area contributed by atoms with Crippen molar-refractivity contribution in [1.82, 2.24) is 19.5 Å². The second-order valence-corrected chi connectivity index (χ2v) is 13.7. The number of imidazole rings is 1. The molecule has 6 rings (SSSR count). The van der Waals surface area contributed by atoms with E-state index in [0.29, 0.717) is 17.2 Å². The number of rotatable bonds is 10. The lowest BCUT2D eigenvalue weighted by Crippen LogP contribution is -2.64. The quantitative estimate of drug-likeness (QED) is 0.153. The maximum absolute atomic E-state index is 14.5. The van der Waals surface area contributed by atoms with Gasteiger partial charge in [-0.15, -0.1) is 0 Å². The van der Waals surface area contributed by atoms with Gasteiger partial charge in [0.05, 0.1) is 33.1 Å². The van der Waals surface area contributed by atoms with E-state index in [2.05, 4.69) is 15.0 Å². The van der Waals surface area contributed by atoms with Crippen molar-refractivity contribution in [3.63, 3.8) is 0 Å². The second-order valence-electron chi connectivity index (χ2n) is 11.6. The molecule has 1 saturated heterocycles. The van der Waals surface area contributed by atoms with Crippen LogP contribution in [0, 0.1) is 0 Å². The Morgan fingerprint density at radius 2 is 1.29 bits per heavy atom. The molecule has 3 aromatic carbocycles. The van der Waals surface area contributed by atoms with Gasteiger partial charge >= 0.3 is 5.51 Å². The highest BCUT2D eigenvalue weighted by Crippen LogP contribution is 2.53. The zero-order chi connectivity index (χ0) is 36.9. The number of hydrogen-bond donors (Lipinski definition) is 4. The Bertz CT molecular complexity index is 2020. The zero-order valence-electron chi connectivity index (χ0n) is 27.1. The molecule has 1 aliphatic heterocycles. The third-order valence-electron chi connectivity index (χ3n) is 9.15. The summed E-state index contributed by atoms with van der Waals surface area (Å²) in [5, 5.41) is 36.3. The molecule has 51 heavy (non-hydrogen) atoms. The number of methoxy groups -OCH3 is 3. The fraction of sp³-hybridized carbons (Fsp3) is 0.303. The molecule has 0 bridgehead atoms. The van der Waals surface area contributed by atoms with Gasteiger partial charge in [0, 0.05) is 0 Å². The third-order valence-corrected chi connectivity index (χ3v) is 11.1. The minimum Gasteiger partial charge on any atom is -0.497 e. The fourth-order valence-electron chi connectivity index (χ4n) is 6.57. The SMILES string of the molecule is COc1ccc(C(c2ccc(OC)cc2)(c2ccc(OC)cc2)C(O)[C@H]2OC(n3cnc4c(N)ncnc43)[C@H](O)[C@@]2(O)S(=O)(=O)C(F)(F)F)cc1. The Balaban J connectivity index is 1.67. The molecule has 1 fully saturated rings. The number of anilines is 1. The van der Waals surface area contributed by atoms with E-state index < -0.39 is 50.2 Å². The molecule has 0 amide bonds. The van der Waals surface area contributed by atoms with E-state index in [1.54, 1.807) is 0 Å². The van der Waals surface area contributed by atoms with Gasteiger partial charge in [-0.25, -0.2) is 23.4 Å². The molecule has 1 aliphatic rings. The van der Waals surface area contributed by atoms with E-state index >= 15 is 0 Å². The number of ether oxygens (including phenoxy) is 4. The maximum Gasteiger partial charge on any atom is 0.500 e. The molecule has 0 saturated carbocycles. The van der Waals surface area contributed by atoms with Crippen LogP contribution >= 0.6 is 0 Å². The first-order chi connectivity index (χ1) is 24.2. The number of nitrogen functional groups attached to an aromatic ring is 1. The summed E-state index contributed by atoms with van der Waals surface area (Å²) in [7, 11) is -2.53. The number of aliphatic hydroxyl groups excluding tert-OH is 2. The molecule has 270 valence electrons. The average Bonchev–Trinajstić information content (AvgIpc) is 3.68. The highest BCUT2D eigenvalue weighted by atomic mass is 32.2. The summed E-state index contributed by atoms with van der Waals surface area (Å²) in [6.45, 7) is 0. The van der Waals surface area contributed by atoms with Crippen LogP contribution in [-0.2, 0) is 20.0 Å². The topological polar surface area (TPSA) is 201 Å².